The summed E-state index contributed by atoms with van der Waals surface area (Å²) in [7, 11) is 0. The fourth-order valence-electron chi connectivity index (χ4n) is 3.68. The van der Waals surface area contributed by atoms with Crippen molar-refractivity contribution in [2.75, 3.05) is 5.73 Å². The van der Waals surface area contributed by atoms with Crippen LogP contribution < -0.4 is 5.73 Å². The molecular formula is C27H20ClN3S. The molecule has 3 heterocycles. The van der Waals surface area contributed by atoms with Crippen LogP contribution in [0.5, 0.6) is 0 Å². The van der Waals surface area contributed by atoms with E-state index in [4.69, 9.17) is 22.3 Å². The number of thiophene rings is 1. The number of pyridine rings is 1. The van der Waals surface area contributed by atoms with Gasteiger partial charge in [0, 0.05) is 22.7 Å². The highest BCUT2D eigenvalue weighted by molar-refractivity contribution is 7.16. The summed E-state index contributed by atoms with van der Waals surface area (Å²) in [5.41, 5.74) is 12.7. The van der Waals surface area contributed by atoms with E-state index in [1.165, 1.54) is 5.56 Å². The Morgan fingerprint density at radius 1 is 0.938 bits per heavy atom. The van der Waals surface area contributed by atoms with Gasteiger partial charge in [0.05, 0.1) is 9.75 Å². The summed E-state index contributed by atoms with van der Waals surface area (Å²) in [5.74, 6) is 7.11. The summed E-state index contributed by atoms with van der Waals surface area (Å²) in [6.07, 6.45) is 0.742. The second-order valence-electron chi connectivity index (χ2n) is 7.60. The van der Waals surface area contributed by atoms with Gasteiger partial charge in [-0.3, -0.25) is 4.40 Å². The van der Waals surface area contributed by atoms with Crippen molar-refractivity contribution < 1.29 is 0 Å². The molecule has 5 rings (SSSR count). The molecule has 2 N–H and O–H groups in total. The molecule has 3 aromatic heterocycles. The Morgan fingerprint density at radius 3 is 2.50 bits per heavy atom. The molecule has 0 saturated carbocycles. The quantitative estimate of drug-likeness (QED) is 0.313. The van der Waals surface area contributed by atoms with Gasteiger partial charge in [-0.15, -0.1) is 11.3 Å². The summed E-state index contributed by atoms with van der Waals surface area (Å²) in [6.45, 7) is 2.06. The van der Waals surface area contributed by atoms with Gasteiger partial charge in [0.15, 0.2) is 0 Å². The molecule has 3 nitrogen and oxygen atoms in total. The summed E-state index contributed by atoms with van der Waals surface area (Å²) in [6, 6.07) is 26.2. The Hall–Kier alpha value is -3.52. The third-order valence-corrected chi connectivity index (χ3v) is 6.58. The topological polar surface area (TPSA) is 43.3 Å². The molecule has 0 amide bonds. The maximum Gasteiger partial charge on any atom is 0.142 e. The number of nitrogens with zero attached hydrogens (tertiary/aromatic N) is 2. The predicted molar refractivity (Wildman–Crippen MR) is 134 cm³/mol. The van der Waals surface area contributed by atoms with Gasteiger partial charge in [0.1, 0.15) is 17.2 Å². The molecule has 5 heteroatoms. The van der Waals surface area contributed by atoms with Gasteiger partial charge in [-0.2, -0.15) is 0 Å². The minimum atomic E-state index is 0.650. The minimum absolute atomic E-state index is 0.650. The standard InChI is InChI=1S/C27H20ClN3S/c1-18-7-13-22(17-20-8-11-21(28)12-9-20)31-26(29)25(30-27(18)31)24-16-15-23(32-24)14-10-19-5-3-2-4-6-19/h2-9,11-13,15-16H,17,29H2,1H3. The first kappa shape index (κ1) is 20.4. The molecule has 0 saturated heterocycles. The largest absolute Gasteiger partial charge is 0.383 e. The average molecular weight is 454 g/mol. The first-order chi connectivity index (χ1) is 15.6. The van der Waals surface area contributed by atoms with Crippen LogP contribution in [0.3, 0.4) is 0 Å². The zero-order chi connectivity index (χ0) is 22.1. The van der Waals surface area contributed by atoms with Crippen molar-refractivity contribution in [3.05, 3.63) is 111 Å². The molecule has 0 spiro atoms. The van der Waals surface area contributed by atoms with E-state index in [2.05, 4.69) is 35.3 Å². The molecule has 0 bridgehead atoms. The number of rotatable bonds is 3. The molecule has 156 valence electrons. The number of anilines is 1. The molecule has 0 aliphatic rings. The number of hydrogen-bond donors (Lipinski definition) is 1. The van der Waals surface area contributed by atoms with Gasteiger partial charge in [-0.25, -0.2) is 4.98 Å². The summed E-state index contributed by atoms with van der Waals surface area (Å²) in [5, 5.41) is 0.732. The van der Waals surface area contributed by atoms with E-state index < -0.39 is 0 Å². The average Bonchev–Trinajstić information content (AvgIpc) is 3.42. The monoisotopic (exact) mass is 453 g/mol. The van der Waals surface area contributed by atoms with Gasteiger partial charge in [-0.05, 0) is 60.5 Å². The highest BCUT2D eigenvalue weighted by atomic mass is 35.5. The number of benzene rings is 2. The highest BCUT2D eigenvalue weighted by Crippen LogP contribution is 2.34. The van der Waals surface area contributed by atoms with Crippen LogP contribution in [0.1, 0.15) is 27.3 Å². The number of aromatic nitrogens is 2. The molecule has 0 aliphatic heterocycles. The SMILES string of the molecule is Cc1ccc(Cc2ccc(Cl)cc2)n2c(N)c(-c3ccc(C#Cc4ccccc4)s3)nc12. The van der Waals surface area contributed by atoms with Crippen LogP contribution in [0.25, 0.3) is 16.2 Å². The predicted octanol–water partition coefficient (Wildman–Crippen LogP) is 6.60. The lowest BCUT2D eigenvalue weighted by molar-refractivity contribution is 1.01. The number of nitrogen functional groups attached to an aromatic ring is 1. The molecule has 0 unspecified atom stereocenters. The van der Waals surface area contributed by atoms with Gasteiger partial charge < -0.3 is 5.73 Å². The van der Waals surface area contributed by atoms with Crippen molar-refractivity contribution in [3.8, 4) is 22.4 Å². The number of halogens is 1. The zero-order valence-electron chi connectivity index (χ0n) is 17.5. The van der Waals surface area contributed by atoms with Crippen molar-refractivity contribution in [3.63, 3.8) is 0 Å². The van der Waals surface area contributed by atoms with E-state index in [0.29, 0.717) is 5.82 Å². The van der Waals surface area contributed by atoms with Crippen molar-refractivity contribution in [1.29, 1.82) is 0 Å². The molecule has 32 heavy (non-hydrogen) atoms. The van der Waals surface area contributed by atoms with Crippen molar-refractivity contribution in [1.82, 2.24) is 9.38 Å². The van der Waals surface area contributed by atoms with Gasteiger partial charge in [0.2, 0.25) is 0 Å². The van der Waals surface area contributed by atoms with Crippen molar-refractivity contribution in [2.45, 2.75) is 13.3 Å². The number of fused-ring (bicyclic) bond motifs is 1. The van der Waals surface area contributed by atoms with Gasteiger partial charge in [-0.1, -0.05) is 59.8 Å². The van der Waals surface area contributed by atoms with E-state index in [1.54, 1.807) is 11.3 Å². The van der Waals surface area contributed by atoms with Crippen LogP contribution in [-0.2, 0) is 6.42 Å². The van der Waals surface area contributed by atoms with E-state index in [-0.39, 0.29) is 0 Å². The number of imidazole rings is 1. The van der Waals surface area contributed by atoms with Crippen LogP contribution in [-0.4, -0.2) is 9.38 Å². The molecule has 2 aromatic carbocycles. The first-order valence-corrected chi connectivity index (χ1v) is 11.5. The van der Waals surface area contributed by atoms with Crippen molar-refractivity contribution in [2.24, 2.45) is 0 Å². The van der Waals surface area contributed by atoms with Crippen LogP contribution >= 0.6 is 22.9 Å². The minimum Gasteiger partial charge on any atom is -0.383 e. The maximum absolute atomic E-state index is 6.64. The summed E-state index contributed by atoms with van der Waals surface area (Å²) < 4.78 is 2.06. The third-order valence-electron chi connectivity index (χ3n) is 5.32. The van der Waals surface area contributed by atoms with Crippen LogP contribution in [0.2, 0.25) is 5.02 Å². The van der Waals surface area contributed by atoms with Gasteiger partial charge >= 0.3 is 0 Å². The fraction of sp³-hybridized carbons (Fsp3) is 0.0741. The molecule has 0 atom stereocenters. The highest BCUT2D eigenvalue weighted by Gasteiger charge is 2.17. The fourth-order valence-corrected chi connectivity index (χ4v) is 4.66. The Morgan fingerprint density at radius 2 is 1.72 bits per heavy atom. The second-order valence-corrected chi connectivity index (χ2v) is 9.12. The lowest BCUT2D eigenvalue weighted by Gasteiger charge is -2.09. The smallest absolute Gasteiger partial charge is 0.142 e. The Kier molecular flexibility index (Phi) is 5.45. The number of nitrogens with two attached hydrogens (primary N) is 1. The lowest BCUT2D eigenvalue weighted by atomic mass is 10.1. The molecule has 5 aromatic rings. The Balaban J connectivity index is 1.52. The summed E-state index contributed by atoms with van der Waals surface area (Å²) in [4.78, 5) is 6.91. The molecule has 0 fully saturated rings. The number of aryl methyl sites for hydroxylation is 1. The normalized spacial score (nSPS) is 10.8. The van der Waals surface area contributed by atoms with Crippen LogP contribution in [0, 0.1) is 18.8 Å². The zero-order valence-corrected chi connectivity index (χ0v) is 19.0. The van der Waals surface area contributed by atoms with E-state index in [1.807, 2.05) is 66.7 Å². The van der Waals surface area contributed by atoms with E-state index in [9.17, 15) is 0 Å². The van der Waals surface area contributed by atoms with E-state index >= 15 is 0 Å². The number of hydrogen-bond acceptors (Lipinski definition) is 3. The van der Waals surface area contributed by atoms with Crippen molar-refractivity contribution >= 4 is 34.4 Å². The Labute approximate surface area is 196 Å². The second kappa shape index (κ2) is 8.55. The van der Waals surface area contributed by atoms with Crippen LogP contribution in [0.4, 0.5) is 5.82 Å². The Bertz CT molecular complexity index is 1470. The van der Waals surface area contributed by atoms with E-state index in [0.717, 1.165) is 49.4 Å². The molecular weight excluding hydrogens is 434 g/mol. The maximum atomic E-state index is 6.64. The van der Waals surface area contributed by atoms with Gasteiger partial charge in [0.25, 0.3) is 0 Å². The first-order valence-electron chi connectivity index (χ1n) is 10.3. The summed E-state index contributed by atoms with van der Waals surface area (Å²) >= 11 is 7.65. The lowest BCUT2D eigenvalue weighted by Crippen LogP contribution is -2.03. The third kappa shape index (κ3) is 4.01. The molecule has 0 aliphatic carbocycles. The van der Waals surface area contributed by atoms with Crippen LogP contribution in [0.15, 0.2) is 78.9 Å². The molecule has 0 radical (unpaired) electrons.